The van der Waals surface area contributed by atoms with Crippen LogP contribution in [-0.2, 0) is 12.3 Å². The fraction of sp³-hybridized carbons (Fsp3) is 0.125. The summed E-state index contributed by atoms with van der Waals surface area (Å²) >= 11 is 7.55. The highest BCUT2D eigenvalue weighted by Crippen LogP contribution is 2.34. The zero-order chi connectivity index (χ0) is 17.5. The number of amidine groups is 1. The second-order valence-corrected chi connectivity index (χ2v) is 7.37. The second kappa shape index (κ2) is 8.91. The van der Waals surface area contributed by atoms with Crippen molar-refractivity contribution in [2.45, 2.75) is 22.1 Å². The fourth-order valence-electron chi connectivity index (χ4n) is 1.97. The summed E-state index contributed by atoms with van der Waals surface area (Å²) < 4.78 is 13.6. The van der Waals surface area contributed by atoms with E-state index >= 15 is 0 Å². The normalized spacial score (nSPS) is 10.4. The number of thioether (sulfide) groups is 1. The highest BCUT2D eigenvalue weighted by atomic mass is 32.2. The van der Waals surface area contributed by atoms with Crippen LogP contribution in [-0.4, -0.2) is 10.3 Å². The van der Waals surface area contributed by atoms with E-state index in [1.54, 1.807) is 6.07 Å². The molecule has 2 aromatic rings. The molecule has 0 aliphatic heterocycles. The molecule has 0 spiro atoms. The molecule has 2 aromatic carbocycles. The van der Waals surface area contributed by atoms with Crippen molar-refractivity contribution in [3.8, 4) is 0 Å². The van der Waals surface area contributed by atoms with Crippen LogP contribution < -0.4 is 16.8 Å². The molecule has 8 heteroatoms. The lowest BCUT2D eigenvalue weighted by molar-refractivity contribution is 0.625. The molecule has 4 nitrogen and oxygen atoms in total. The molecular weight excluding hydrogens is 363 g/mol. The van der Waals surface area contributed by atoms with Gasteiger partial charge in [-0.1, -0.05) is 41.7 Å². The molecule has 126 valence electrons. The van der Waals surface area contributed by atoms with E-state index in [0.717, 1.165) is 20.9 Å². The molecule has 0 atom stereocenters. The first-order valence-corrected chi connectivity index (χ1v) is 9.21. The van der Waals surface area contributed by atoms with Crippen molar-refractivity contribution in [1.82, 2.24) is 5.32 Å². The fourth-order valence-corrected chi connectivity index (χ4v) is 3.73. The van der Waals surface area contributed by atoms with Crippen molar-refractivity contribution >= 4 is 46.0 Å². The van der Waals surface area contributed by atoms with E-state index in [0.29, 0.717) is 12.3 Å². The number of hydrogen-bond acceptors (Lipinski definition) is 4. The highest BCUT2D eigenvalue weighted by molar-refractivity contribution is 8.13. The Balaban J connectivity index is 2.24. The van der Waals surface area contributed by atoms with Gasteiger partial charge in [0.1, 0.15) is 5.82 Å². The zero-order valence-corrected chi connectivity index (χ0v) is 15.2. The summed E-state index contributed by atoms with van der Waals surface area (Å²) in [5, 5.41) is 10.5. The molecule has 0 fully saturated rings. The third-order valence-electron chi connectivity index (χ3n) is 3.05. The monoisotopic (exact) mass is 380 g/mol. The Kier molecular flexibility index (Phi) is 6.89. The van der Waals surface area contributed by atoms with Gasteiger partial charge in [0.05, 0.1) is 0 Å². The van der Waals surface area contributed by atoms with Gasteiger partial charge in [-0.05, 0) is 47.6 Å². The van der Waals surface area contributed by atoms with Gasteiger partial charge >= 0.3 is 0 Å². The summed E-state index contributed by atoms with van der Waals surface area (Å²) in [7, 11) is 0. The van der Waals surface area contributed by atoms with Crippen LogP contribution in [0.15, 0.2) is 52.3 Å². The third kappa shape index (κ3) is 5.70. The van der Waals surface area contributed by atoms with Crippen molar-refractivity contribution in [1.29, 1.82) is 5.41 Å². The molecule has 2 rings (SSSR count). The average Bonchev–Trinajstić information content (AvgIpc) is 2.54. The maximum atomic E-state index is 13.6. The van der Waals surface area contributed by atoms with Crippen molar-refractivity contribution in [3.05, 3.63) is 59.4 Å². The summed E-state index contributed by atoms with van der Waals surface area (Å²) in [5.41, 5.74) is 12.7. The predicted octanol–water partition coefficient (Wildman–Crippen LogP) is 3.44. The molecule has 0 saturated carbocycles. The Bertz CT molecular complexity index is 752. The van der Waals surface area contributed by atoms with Crippen molar-refractivity contribution in [3.63, 3.8) is 0 Å². The summed E-state index contributed by atoms with van der Waals surface area (Å²) in [4.78, 5) is 1.95. The quantitative estimate of drug-likeness (QED) is 0.349. The van der Waals surface area contributed by atoms with Gasteiger partial charge in [-0.2, -0.15) is 0 Å². The molecule has 6 N–H and O–H groups in total. The molecule has 24 heavy (non-hydrogen) atoms. The second-order valence-electron chi connectivity index (χ2n) is 4.83. The van der Waals surface area contributed by atoms with Crippen LogP contribution in [0.3, 0.4) is 0 Å². The molecule has 0 aromatic heterocycles. The Labute approximate surface area is 154 Å². The Hall–Kier alpha value is -1.77. The van der Waals surface area contributed by atoms with Crippen LogP contribution in [0.2, 0.25) is 0 Å². The van der Waals surface area contributed by atoms with Crippen molar-refractivity contribution in [2.75, 3.05) is 0 Å². The summed E-state index contributed by atoms with van der Waals surface area (Å²) in [6.45, 7) is 0.525. The Morgan fingerprint density at radius 1 is 1.12 bits per heavy atom. The number of rotatable bonds is 6. The first kappa shape index (κ1) is 18.6. The molecule has 0 unspecified atom stereocenters. The van der Waals surface area contributed by atoms with Crippen LogP contribution in [0.4, 0.5) is 4.39 Å². The summed E-state index contributed by atoms with van der Waals surface area (Å²) in [6, 6.07) is 12.5. The first-order valence-electron chi connectivity index (χ1n) is 7.00. The Morgan fingerprint density at radius 3 is 2.54 bits per heavy atom. The minimum absolute atomic E-state index is 0.0104. The van der Waals surface area contributed by atoms with E-state index in [9.17, 15) is 4.39 Å². The van der Waals surface area contributed by atoms with Gasteiger partial charge in [-0.3, -0.25) is 5.41 Å². The maximum Gasteiger partial charge on any atom is 0.163 e. The Morgan fingerprint density at radius 2 is 1.83 bits per heavy atom. The van der Waals surface area contributed by atoms with Crippen LogP contribution in [0, 0.1) is 11.2 Å². The lowest BCUT2D eigenvalue weighted by Crippen LogP contribution is -2.28. The molecule has 0 aliphatic rings. The lowest BCUT2D eigenvalue weighted by atomic mass is 10.2. The number of benzene rings is 2. The topological polar surface area (TPSA) is 87.9 Å². The van der Waals surface area contributed by atoms with Gasteiger partial charge in [-0.15, -0.1) is 0 Å². The largest absolute Gasteiger partial charge is 0.379 e. The van der Waals surface area contributed by atoms with Gasteiger partial charge in [0.25, 0.3) is 0 Å². The van der Waals surface area contributed by atoms with Crippen LogP contribution in [0.25, 0.3) is 0 Å². The SMILES string of the molecule is N=C(N)SCc1cc(F)ccc1Sc1ccccc1CNC(N)=S. The number of nitrogens with two attached hydrogens (primary N) is 2. The number of halogens is 1. The number of thiocarbonyl (C=S) groups is 1. The van der Waals surface area contributed by atoms with E-state index < -0.39 is 0 Å². The van der Waals surface area contributed by atoms with Gasteiger partial charge in [0.15, 0.2) is 10.3 Å². The first-order chi connectivity index (χ1) is 11.5. The summed E-state index contributed by atoms with van der Waals surface area (Å²) in [5.74, 6) is 0.143. The van der Waals surface area contributed by atoms with Crippen LogP contribution in [0.5, 0.6) is 0 Å². The van der Waals surface area contributed by atoms with Crippen LogP contribution >= 0.6 is 35.7 Å². The maximum absolute atomic E-state index is 13.6. The van der Waals surface area contributed by atoms with E-state index in [1.807, 2.05) is 24.3 Å². The van der Waals surface area contributed by atoms with Crippen molar-refractivity contribution < 1.29 is 4.39 Å². The minimum Gasteiger partial charge on any atom is -0.379 e. The molecular formula is C16H17FN4S3. The minimum atomic E-state index is -0.304. The van der Waals surface area contributed by atoms with Crippen LogP contribution in [0.1, 0.15) is 11.1 Å². The van der Waals surface area contributed by atoms with Gasteiger partial charge in [0.2, 0.25) is 0 Å². The molecule has 0 saturated heterocycles. The zero-order valence-electron chi connectivity index (χ0n) is 12.7. The van der Waals surface area contributed by atoms with E-state index in [2.05, 4.69) is 5.32 Å². The standard InChI is InChI=1S/C16H17FN4S3/c17-12-5-6-14(11(7-12)9-23-15(18)19)24-13-4-2-1-3-10(13)8-21-16(20)22/h1-7H,8-9H2,(H3,18,19)(H3,20,21,22). The van der Waals surface area contributed by atoms with E-state index in [-0.39, 0.29) is 16.1 Å². The number of hydrogen-bond donors (Lipinski definition) is 4. The molecule has 0 aliphatic carbocycles. The predicted molar refractivity (Wildman–Crippen MR) is 104 cm³/mol. The third-order valence-corrected chi connectivity index (χ3v) is 5.20. The van der Waals surface area contributed by atoms with Gasteiger partial charge in [0, 0.05) is 22.1 Å². The lowest BCUT2D eigenvalue weighted by Gasteiger charge is -2.13. The summed E-state index contributed by atoms with van der Waals surface area (Å²) in [6.07, 6.45) is 0. The number of nitrogens with one attached hydrogen (secondary N) is 2. The highest BCUT2D eigenvalue weighted by Gasteiger charge is 2.10. The molecule has 0 radical (unpaired) electrons. The molecule has 0 heterocycles. The van der Waals surface area contributed by atoms with Crippen molar-refractivity contribution in [2.24, 2.45) is 11.5 Å². The average molecular weight is 381 g/mol. The van der Waals surface area contributed by atoms with Gasteiger partial charge < -0.3 is 16.8 Å². The smallest absolute Gasteiger partial charge is 0.163 e. The van der Waals surface area contributed by atoms with E-state index in [1.165, 1.54) is 35.7 Å². The molecule has 0 amide bonds. The van der Waals surface area contributed by atoms with E-state index in [4.69, 9.17) is 29.1 Å². The molecule has 0 bridgehead atoms. The van der Waals surface area contributed by atoms with Gasteiger partial charge in [-0.25, -0.2) is 4.39 Å².